The van der Waals surface area contributed by atoms with Crippen LogP contribution in [0.25, 0.3) is 0 Å². The highest BCUT2D eigenvalue weighted by atomic mass is 16.5. The summed E-state index contributed by atoms with van der Waals surface area (Å²) in [5.41, 5.74) is 2.02. The minimum Gasteiger partial charge on any atom is -0.373 e. The number of ether oxygens (including phenoxy) is 1. The van der Waals surface area contributed by atoms with Gasteiger partial charge >= 0.3 is 0 Å². The fraction of sp³-hybridized carbons (Fsp3) is 0.562. The number of hydrogen-bond acceptors (Lipinski definition) is 2. The molecule has 2 heteroatoms. The van der Waals surface area contributed by atoms with Gasteiger partial charge in [-0.05, 0) is 24.3 Å². The van der Waals surface area contributed by atoms with Gasteiger partial charge in [0.1, 0.15) is 6.61 Å². The second-order valence-corrected chi connectivity index (χ2v) is 5.11. The minimum absolute atomic E-state index is 0.0891. The third-order valence-corrected chi connectivity index (χ3v) is 3.81. The summed E-state index contributed by atoms with van der Waals surface area (Å²) in [6, 6.07) is 7.83. The fourth-order valence-electron chi connectivity index (χ4n) is 2.21. The number of carbonyl (C=O) groups excluding carboxylic acids is 1. The molecular weight excluding hydrogens is 224 g/mol. The lowest BCUT2D eigenvalue weighted by molar-refractivity contribution is 0.0705. The quantitative estimate of drug-likeness (QED) is 0.542. The Labute approximate surface area is 109 Å². The fourth-order valence-corrected chi connectivity index (χ4v) is 2.21. The second kappa shape index (κ2) is 6.69. The normalized spacial score (nSPS) is 15.4. The smallest absolute Gasteiger partial charge is 0.188 e. The summed E-state index contributed by atoms with van der Waals surface area (Å²) >= 11 is 0. The topological polar surface area (TPSA) is 26.3 Å². The minimum atomic E-state index is 0.0891. The van der Waals surface area contributed by atoms with E-state index in [4.69, 9.17) is 4.74 Å². The van der Waals surface area contributed by atoms with Crippen LogP contribution in [0.5, 0.6) is 0 Å². The van der Waals surface area contributed by atoms with E-state index in [0.717, 1.165) is 30.9 Å². The molecule has 1 aliphatic rings. The summed E-state index contributed by atoms with van der Waals surface area (Å²) in [7, 11) is 0. The lowest BCUT2D eigenvalue weighted by Gasteiger charge is -2.24. The van der Waals surface area contributed by atoms with E-state index < -0.39 is 0 Å². The molecule has 2 rings (SSSR count). The third-order valence-electron chi connectivity index (χ3n) is 3.81. The van der Waals surface area contributed by atoms with Crippen molar-refractivity contribution < 1.29 is 9.53 Å². The van der Waals surface area contributed by atoms with Gasteiger partial charge in [-0.25, -0.2) is 0 Å². The molecule has 0 bridgehead atoms. The van der Waals surface area contributed by atoms with Crippen LogP contribution in [-0.4, -0.2) is 19.0 Å². The van der Waals surface area contributed by atoms with Crippen LogP contribution in [0, 0.1) is 5.92 Å². The predicted molar refractivity (Wildman–Crippen MR) is 72.9 cm³/mol. The SMILES string of the molecule is CCc1ccc(C(=O)COCCC2CCC2)cc1. The monoisotopic (exact) mass is 246 g/mol. The summed E-state index contributed by atoms with van der Waals surface area (Å²) in [4.78, 5) is 11.8. The maximum Gasteiger partial charge on any atom is 0.188 e. The average molecular weight is 246 g/mol. The number of rotatable bonds is 7. The number of Topliss-reactive ketones (excluding diaryl/α,β-unsaturated/α-hetero) is 1. The molecular formula is C16H22O2. The van der Waals surface area contributed by atoms with Crippen molar-refractivity contribution in [2.45, 2.75) is 39.0 Å². The largest absolute Gasteiger partial charge is 0.373 e. The predicted octanol–water partition coefficient (Wildman–Crippen LogP) is 3.64. The van der Waals surface area contributed by atoms with E-state index in [9.17, 15) is 4.79 Å². The van der Waals surface area contributed by atoms with Gasteiger partial charge in [0.25, 0.3) is 0 Å². The lowest BCUT2D eigenvalue weighted by atomic mass is 9.83. The highest BCUT2D eigenvalue weighted by Gasteiger charge is 2.16. The van der Waals surface area contributed by atoms with Crippen LogP contribution in [0.1, 0.15) is 48.5 Å². The molecule has 0 saturated heterocycles. The van der Waals surface area contributed by atoms with E-state index in [1.807, 2.05) is 24.3 Å². The Morgan fingerprint density at radius 2 is 2.00 bits per heavy atom. The van der Waals surface area contributed by atoms with Crippen molar-refractivity contribution in [3.63, 3.8) is 0 Å². The van der Waals surface area contributed by atoms with Crippen LogP contribution in [0.15, 0.2) is 24.3 Å². The first-order valence-electron chi connectivity index (χ1n) is 6.99. The number of benzene rings is 1. The van der Waals surface area contributed by atoms with Gasteiger partial charge in [-0.15, -0.1) is 0 Å². The number of ketones is 1. The standard InChI is InChI=1S/C16H22O2/c1-2-13-6-8-15(9-7-13)16(17)12-18-11-10-14-4-3-5-14/h6-9,14H,2-5,10-12H2,1H3. The molecule has 1 aromatic rings. The number of hydrogen-bond donors (Lipinski definition) is 0. The first-order chi connectivity index (χ1) is 8.79. The zero-order valence-corrected chi connectivity index (χ0v) is 11.2. The maximum atomic E-state index is 11.8. The van der Waals surface area contributed by atoms with Crippen molar-refractivity contribution in [2.75, 3.05) is 13.2 Å². The molecule has 1 aliphatic carbocycles. The van der Waals surface area contributed by atoms with Crippen LogP contribution < -0.4 is 0 Å². The maximum absolute atomic E-state index is 11.8. The Morgan fingerprint density at radius 3 is 2.56 bits per heavy atom. The molecule has 0 aromatic heterocycles. The molecule has 1 fully saturated rings. The van der Waals surface area contributed by atoms with Gasteiger partial charge in [0, 0.05) is 12.2 Å². The third kappa shape index (κ3) is 3.67. The molecule has 0 aliphatic heterocycles. The van der Waals surface area contributed by atoms with Crippen molar-refractivity contribution in [3.05, 3.63) is 35.4 Å². The Bertz CT molecular complexity index is 377. The van der Waals surface area contributed by atoms with Crippen molar-refractivity contribution in [2.24, 2.45) is 5.92 Å². The molecule has 0 amide bonds. The zero-order valence-electron chi connectivity index (χ0n) is 11.2. The van der Waals surface area contributed by atoms with Gasteiger partial charge in [-0.2, -0.15) is 0 Å². The van der Waals surface area contributed by atoms with Gasteiger partial charge in [0.2, 0.25) is 0 Å². The average Bonchev–Trinajstić information content (AvgIpc) is 2.36. The Balaban J connectivity index is 1.69. The molecule has 18 heavy (non-hydrogen) atoms. The van der Waals surface area contributed by atoms with E-state index in [0.29, 0.717) is 0 Å². The van der Waals surface area contributed by atoms with Crippen molar-refractivity contribution in [3.8, 4) is 0 Å². The first-order valence-corrected chi connectivity index (χ1v) is 6.99. The van der Waals surface area contributed by atoms with Gasteiger partial charge in [-0.1, -0.05) is 50.5 Å². The lowest BCUT2D eigenvalue weighted by Crippen LogP contribution is -2.16. The molecule has 0 N–H and O–H groups in total. The van der Waals surface area contributed by atoms with E-state index in [-0.39, 0.29) is 12.4 Å². The van der Waals surface area contributed by atoms with Crippen LogP contribution in [0.2, 0.25) is 0 Å². The summed E-state index contributed by atoms with van der Waals surface area (Å²) in [6.45, 7) is 3.06. The molecule has 0 atom stereocenters. The highest BCUT2D eigenvalue weighted by molar-refractivity contribution is 5.97. The molecule has 2 nitrogen and oxygen atoms in total. The second-order valence-electron chi connectivity index (χ2n) is 5.11. The molecule has 0 spiro atoms. The Morgan fingerprint density at radius 1 is 1.28 bits per heavy atom. The Kier molecular flexibility index (Phi) is 4.94. The molecule has 0 heterocycles. The van der Waals surface area contributed by atoms with Gasteiger partial charge in [0.15, 0.2) is 5.78 Å². The van der Waals surface area contributed by atoms with Crippen LogP contribution in [0.4, 0.5) is 0 Å². The van der Waals surface area contributed by atoms with E-state index >= 15 is 0 Å². The van der Waals surface area contributed by atoms with Crippen LogP contribution in [-0.2, 0) is 11.2 Å². The molecule has 1 aromatic carbocycles. The molecule has 98 valence electrons. The first kappa shape index (κ1) is 13.3. The van der Waals surface area contributed by atoms with Gasteiger partial charge in [-0.3, -0.25) is 4.79 Å². The highest BCUT2D eigenvalue weighted by Crippen LogP contribution is 2.29. The molecule has 0 radical (unpaired) electrons. The Hall–Kier alpha value is -1.15. The van der Waals surface area contributed by atoms with Gasteiger partial charge in [0.05, 0.1) is 0 Å². The van der Waals surface area contributed by atoms with E-state index in [2.05, 4.69) is 6.92 Å². The molecule has 1 saturated carbocycles. The summed E-state index contributed by atoms with van der Waals surface area (Å²) in [5.74, 6) is 0.940. The van der Waals surface area contributed by atoms with E-state index in [1.54, 1.807) is 0 Å². The number of carbonyl (C=O) groups is 1. The van der Waals surface area contributed by atoms with Crippen LogP contribution >= 0.6 is 0 Å². The van der Waals surface area contributed by atoms with Crippen LogP contribution in [0.3, 0.4) is 0 Å². The summed E-state index contributed by atoms with van der Waals surface area (Å²) < 4.78 is 5.46. The van der Waals surface area contributed by atoms with Crippen molar-refractivity contribution in [1.82, 2.24) is 0 Å². The number of aryl methyl sites for hydroxylation is 1. The van der Waals surface area contributed by atoms with E-state index in [1.165, 1.54) is 24.8 Å². The zero-order chi connectivity index (χ0) is 12.8. The summed E-state index contributed by atoms with van der Waals surface area (Å²) in [6.07, 6.45) is 6.17. The van der Waals surface area contributed by atoms with Crippen molar-refractivity contribution >= 4 is 5.78 Å². The van der Waals surface area contributed by atoms with Crippen molar-refractivity contribution in [1.29, 1.82) is 0 Å². The summed E-state index contributed by atoms with van der Waals surface area (Å²) in [5, 5.41) is 0. The van der Waals surface area contributed by atoms with Gasteiger partial charge < -0.3 is 4.74 Å². The molecule has 0 unspecified atom stereocenters.